The molecule has 20 heteroatoms. The van der Waals surface area contributed by atoms with E-state index in [4.69, 9.17) is 11.5 Å². The van der Waals surface area contributed by atoms with Crippen molar-refractivity contribution in [2.24, 2.45) is 33.4 Å². The molecule has 0 bridgehead atoms. The van der Waals surface area contributed by atoms with Gasteiger partial charge in [0.1, 0.15) is 42.0 Å². The third kappa shape index (κ3) is 17.0. The SMILES string of the molecule is CC[C@H](C)[C@H](NC(=O)[C@H](Cc1ccc(O)cc1)NC(=O)[C@@H]1CCCN1C(=O)[C@H](CCCN=C(N)N)NC(=O)[C@H](CCCN(C)C)N=[N+]=[N-])C(=O)N[C@@H](CC(C)C)C(=O)O. The smallest absolute Gasteiger partial charge is 0.326 e. The van der Waals surface area contributed by atoms with E-state index in [1.54, 1.807) is 19.1 Å². The van der Waals surface area contributed by atoms with Crippen LogP contribution in [0.3, 0.4) is 0 Å². The minimum Gasteiger partial charge on any atom is -0.508 e. The molecule has 1 aliphatic rings. The molecule has 1 heterocycles. The monoisotopic (exact) mass is 828 g/mol. The number of nitrogens with two attached hydrogens (primary N) is 2. The van der Waals surface area contributed by atoms with Crippen molar-refractivity contribution in [2.45, 2.75) is 122 Å². The Bertz CT molecular complexity index is 1650. The Morgan fingerprint density at radius 1 is 0.932 bits per heavy atom. The highest BCUT2D eigenvalue weighted by Crippen LogP contribution is 2.21. The number of hydrogen-bond acceptors (Lipinski definition) is 10. The topological polar surface area (TPSA) is 311 Å². The van der Waals surface area contributed by atoms with Gasteiger partial charge in [-0.15, -0.1) is 0 Å². The Hall–Kier alpha value is -5.62. The number of aliphatic carboxylic acids is 1. The number of carbonyl (C=O) groups is 6. The standard InChI is InChI=1S/C39H64N12O8/c1-7-24(4)32(36(56)46-30(38(58)59)21-23(2)3)47-34(54)29(22-25-14-16-26(52)17-15-25)45-35(55)31-13-10-20-51(31)37(57)28(11-8-18-43-39(40)41)44-33(53)27(48-49-42)12-9-19-50(5)6/h14-17,23-24,27-32,52H,7-13,18-22H2,1-6H3,(H,44,53)(H,45,55)(H,46,56)(H,47,54)(H,58,59)(H4,40,41,43)/t24-,27-,28-,29-,30-,31-,32-/m0/s1. The van der Waals surface area contributed by atoms with Crippen molar-refractivity contribution >= 4 is 41.5 Å². The number of phenols is 1. The molecule has 0 saturated carbocycles. The molecule has 10 N–H and O–H groups in total. The van der Waals surface area contributed by atoms with Gasteiger partial charge < -0.3 is 52.7 Å². The van der Waals surface area contributed by atoms with Gasteiger partial charge in [0.2, 0.25) is 29.5 Å². The van der Waals surface area contributed by atoms with Gasteiger partial charge in [0.25, 0.3) is 0 Å². The summed E-state index contributed by atoms with van der Waals surface area (Å²) in [5.41, 5.74) is 20.7. The number of carbonyl (C=O) groups excluding carboxylic acids is 5. The van der Waals surface area contributed by atoms with Crippen LogP contribution < -0.4 is 32.7 Å². The lowest BCUT2D eigenvalue weighted by Crippen LogP contribution is -2.60. The predicted molar refractivity (Wildman–Crippen MR) is 221 cm³/mol. The summed E-state index contributed by atoms with van der Waals surface area (Å²) in [6, 6.07) is -0.845. The molecular weight excluding hydrogens is 765 g/mol. The average Bonchev–Trinajstić information content (AvgIpc) is 3.67. The summed E-state index contributed by atoms with van der Waals surface area (Å²) in [4.78, 5) is 91.5. The van der Waals surface area contributed by atoms with E-state index in [-0.39, 0.29) is 69.2 Å². The van der Waals surface area contributed by atoms with Gasteiger partial charge in [-0.25, -0.2) is 4.79 Å². The normalized spacial score (nSPS) is 16.7. The lowest BCUT2D eigenvalue weighted by atomic mass is 9.96. The van der Waals surface area contributed by atoms with Crippen LogP contribution >= 0.6 is 0 Å². The second kappa shape index (κ2) is 25.0. The van der Waals surface area contributed by atoms with Gasteiger partial charge in [0, 0.05) is 24.4 Å². The summed E-state index contributed by atoms with van der Waals surface area (Å²) in [5, 5.41) is 34.1. The van der Waals surface area contributed by atoms with Gasteiger partial charge in [-0.05, 0) is 101 Å². The van der Waals surface area contributed by atoms with E-state index in [2.05, 4.69) is 36.3 Å². The van der Waals surface area contributed by atoms with E-state index in [1.165, 1.54) is 17.0 Å². The molecule has 0 aliphatic carbocycles. The second-order valence-corrected chi connectivity index (χ2v) is 15.7. The number of carboxylic acids is 1. The first kappa shape index (κ1) is 49.5. The Morgan fingerprint density at radius 2 is 1.59 bits per heavy atom. The van der Waals surface area contributed by atoms with Crippen LogP contribution in [0.2, 0.25) is 0 Å². The molecule has 0 unspecified atom stereocenters. The molecule has 59 heavy (non-hydrogen) atoms. The maximum atomic E-state index is 14.2. The molecule has 1 aliphatic heterocycles. The van der Waals surface area contributed by atoms with E-state index in [1.807, 2.05) is 39.8 Å². The predicted octanol–water partition coefficient (Wildman–Crippen LogP) is 1.12. The quantitative estimate of drug-likeness (QED) is 0.0172. The van der Waals surface area contributed by atoms with Crippen LogP contribution in [0.25, 0.3) is 10.4 Å². The largest absolute Gasteiger partial charge is 0.508 e. The highest BCUT2D eigenvalue weighted by Gasteiger charge is 2.40. The Morgan fingerprint density at radius 3 is 2.17 bits per heavy atom. The number of likely N-dealkylation sites (tertiary alicyclic amines) is 1. The lowest BCUT2D eigenvalue weighted by Gasteiger charge is -2.31. The molecular formula is C39H64N12O8. The van der Waals surface area contributed by atoms with Crippen LogP contribution in [0, 0.1) is 11.8 Å². The number of phenolic OH excluding ortho intramolecular Hbond substituents is 1. The minimum atomic E-state index is -1.27. The summed E-state index contributed by atoms with van der Waals surface area (Å²) in [7, 11) is 3.74. The molecule has 0 radical (unpaired) electrons. The third-order valence-corrected chi connectivity index (χ3v) is 10.1. The number of guanidine groups is 1. The van der Waals surface area contributed by atoms with E-state index in [0.717, 1.165) is 0 Å². The van der Waals surface area contributed by atoms with E-state index < -0.39 is 77.7 Å². The van der Waals surface area contributed by atoms with Crippen molar-refractivity contribution in [3.8, 4) is 5.75 Å². The van der Waals surface area contributed by atoms with Crippen molar-refractivity contribution < 1.29 is 39.0 Å². The van der Waals surface area contributed by atoms with Crippen LogP contribution in [0.5, 0.6) is 5.75 Å². The van der Waals surface area contributed by atoms with Crippen molar-refractivity contribution in [3.63, 3.8) is 0 Å². The molecule has 2 rings (SSSR count). The van der Waals surface area contributed by atoms with E-state index in [0.29, 0.717) is 31.4 Å². The maximum Gasteiger partial charge on any atom is 0.326 e. The number of aromatic hydroxyl groups is 1. The fraction of sp³-hybridized carbons (Fsp3) is 0.667. The Balaban J connectivity index is 2.41. The van der Waals surface area contributed by atoms with Gasteiger partial charge in [-0.3, -0.25) is 29.0 Å². The zero-order valence-electron chi connectivity index (χ0n) is 35.1. The number of nitrogens with one attached hydrogen (secondary N) is 4. The lowest BCUT2D eigenvalue weighted by molar-refractivity contribution is -0.143. The molecule has 7 atom stereocenters. The van der Waals surface area contributed by atoms with Crippen molar-refractivity contribution in [1.29, 1.82) is 0 Å². The van der Waals surface area contributed by atoms with Crippen LogP contribution in [0.4, 0.5) is 0 Å². The fourth-order valence-corrected chi connectivity index (χ4v) is 6.69. The molecule has 328 valence electrons. The number of azide groups is 1. The van der Waals surface area contributed by atoms with Gasteiger partial charge in [0.15, 0.2) is 5.96 Å². The van der Waals surface area contributed by atoms with Crippen molar-refractivity contribution in [3.05, 3.63) is 40.3 Å². The summed E-state index contributed by atoms with van der Waals surface area (Å²) in [6.07, 6.45) is 2.42. The Kier molecular flexibility index (Phi) is 21.0. The summed E-state index contributed by atoms with van der Waals surface area (Å²) >= 11 is 0. The van der Waals surface area contributed by atoms with Crippen LogP contribution in [0.1, 0.15) is 84.6 Å². The first-order valence-electron chi connectivity index (χ1n) is 20.1. The average molecular weight is 829 g/mol. The number of carboxylic acid groups (broad SMARTS) is 1. The molecule has 5 amide bonds. The number of nitrogens with zero attached hydrogens (tertiary/aromatic N) is 6. The molecule has 1 fully saturated rings. The first-order valence-corrected chi connectivity index (χ1v) is 20.1. The first-order chi connectivity index (χ1) is 27.9. The summed E-state index contributed by atoms with van der Waals surface area (Å²) in [5.74, 6) is -5.09. The molecule has 1 aromatic carbocycles. The second-order valence-electron chi connectivity index (χ2n) is 15.7. The molecule has 1 aromatic rings. The summed E-state index contributed by atoms with van der Waals surface area (Å²) < 4.78 is 0. The highest BCUT2D eigenvalue weighted by atomic mass is 16.4. The van der Waals surface area contributed by atoms with E-state index >= 15 is 0 Å². The maximum absolute atomic E-state index is 14.2. The zero-order valence-corrected chi connectivity index (χ0v) is 35.1. The van der Waals surface area contributed by atoms with Crippen LogP contribution in [0.15, 0.2) is 34.4 Å². The van der Waals surface area contributed by atoms with E-state index in [9.17, 15) is 44.5 Å². The van der Waals surface area contributed by atoms with Gasteiger partial charge in [0.05, 0.1) is 0 Å². The van der Waals surface area contributed by atoms with Gasteiger partial charge in [-0.2, -0.15) is 0 Å². The van der Waals surface area contributed by atoms with Gasteiger partial charge >= 0.3 is 5.97 Å². The summed E-state index contributed by atoms with van der Waals surface area (Å²) in [6.45, 7) is 8.18. The fourth-order valence-electron chi connectivity index (χ4n) is 6.69. The Labute approximate surface area is 345 Å². The third-order valence-electron chi connectivity index (χ3n) is 10.1. The number of amides is 5. The van der Waals surface area contributed by atoms with Crippen LogP contribution in [-0.2, 0) is 35.2 Å². The number of benzene rings is 1. The molecule has 20 nitrogen and oxygen atoms in total. The van der Waals surface area contributed by atoms with Crippen molar-refractivity contribution in [2.75, 3.05) is 33.7 Å². The highest BCUT2D eigenvalue weighted by molar-refractivity contribution is 5.97. The number of rotatable bonds is 25. The molecule has 0 spiro atoms. The van der Waals surface area contributed by atoms with Crippen LogP contribution in [-0.4, -0.2) is 131 Å². The van der Waals surface area contributed by atoms with Gasteiger partial charge in [-0.1, -0.05) is 51.4 Å². The minimum absolute atomic E-state index is 0.0129. The van der Waals surface area contributed by atoms with Crippen molar-refractivity contribution in [1.82, 2.24) is 31.1 Å². The molecule has 0 aromatic heterocycles. The number of hydrogen-bond donors (Lipinski definition) is 8. The molecule has 1 saturated heterocycles. The zero-order chi connectivity index (χ0) is 44.2. The number of aliphatic imine (C=N–C) groups is 1.